The van der Waals surface area contributed by atoms with Crippen molar-refractivity contribution in [3.05, 3.63) is 0 Å². The SMILES string of the molecule is CN(C)CC(=O)OC(=O)[C@@H](N)CS. The van der Waals surface area contributed by atoms with Crippen LogP contribution in [0.15, 0.2) is 0 Å². The molecular weight excluding hydrogens is 192 g/mol. The summed E-state index contributed by atoms with van der Waals surface area (Å²) < 4.78 is 4.42. The van der Waals surface area contributed by atoms with Crippen LogP contribution < -0.4 is 5.73 Å². The molecule has 6 heteroatoms. The van der Waals surface area contributed by atoms with Gasteiger partial charge in [0.25, 0.3) is 0 Å². The van der Waals surface area contributed by atoms with Crippen molar-refractivity contribution in [1.82, 2.24) is 4.90 Å². The van der Waals surface area contributed by atoms with Crippen LogP contribution in [-0.2, 0) is 14.3 Å². The molecule has 0 heterocycles. The Kier molecular flexibility index (Phi) is 5.68. The third-order valence-electron chi connectivity index (χ3n) is 1.16. The molecule has 0 saturated carbocycles. The number of hydrogen-bond acceptors (Lipinski definition) is 6. The average Bonchev–Trinajstić information content (AvgIpc) is 2.01. The van der Waals surface area contributed by atoms with Crippen LogP contribution in [-0.4, -0.2) is 49.3 Å². The van der Waals surface area contributed by atoms with Crippen LogP contribution >= 0.6 is 12.6 Å². The Morgan fingerprint density at radius 1 is 1.54 bits per heavy atom. The van der Waals surface area contributed by atoms with Crippen molar-refractivity contribution in [2.24, 2.45) is 5.73 Å². The Morgan fingerprint density at radius 3 is 2.46 bits per heavy atom. The lowest BCUT2D eigenvalue weighted by Gasteiger charge is -2.10. The van der Waals surface area contributed by atoms with Crippen LogP contribution in [0.4, 0.5) is 0 Å². The number of nitrogens with two attached hydrogens (primary N) is 1. The summed E-state index contributed by atoms with van der Waals surface area (Å²) in [6, 6.07) is -0.838. The minimum absolute atomic E-state index is 0.0605. The first kappa shape index (κ1) is 12.4. The molecule has 0 radical (unpaired) electrons. The van der Waals surface area contributed by atoms with Gasteiger partial charge in [-0.15, -0.1) is 0 Å². The van der Waals surface area contributed by atoms with E-state index >= 15 is 0 Å². The van der Waals surface area contributed by atoms with Crippen molar-refractivity contribution >= 4 is 24.6 Å². The van der Waals surface area contributed by atoms with Crippen LogP contribution in [0.3, 0.4) is 0 Å². The lowest BCUT2D eigenvalue weighted by molar-refractivity contribution is -0.160. The highest BCUT2D eigenvalue weighted by atomic mass is 32.1. The summed E-state index contributed by atoms with van der Waals surface area (Å²) in [4.78, 5) is 23.4. The van der Waals surface area contributed by atoms with E-state index in [2.05, 4.69) is 17.4 Å². The maximum absolute atomic E-state index is 10.9. The standard InChI is InChI=1S/C7H14N2O3S/c1-9(2)3-6(10)12-7(11)5(8)4-13/h5,13H,3-4,8H2,1-2H3/t5-/m0/s1. The number of rotatable bonds is 4. The van der Waals surface area contributed by atoms with Crippen LogP contribution in [0.1, 0.15) is 0 Å². The van der Waals surface area contributed by atoms with Gasteiger partial charge in [0.1, 0.15) is 6.04 Å². The summed E-state index contributed by atoms with van der Waals surface area (Å²) in [7, 11) is 3.40. The Labute approximate surface area is 82.6 Å². The van der Waals surface area contributed by atoms with E-state index in [1.54, 1.807) is 19.0 Å². The minimum Gasteiger partial charge on any atom is -0.391 e. The molecule has 0 spiro atoms. The zero-order valence-corrected chi connectivity index (χ0v) is 8.58. The monoisotopic (exact) mass is 206 g/mol. The quantitative estimate of drug-likeness (QED) is 0.346. The smallest absolute Gasteiger partial charge is 0.331 e. The van der Waals surface area contributed by atoms with Gasteiger partial charge in [-0.2, -0.15) is 12.6 Å². The van der Waals surface area contributed by atoms with Crippen molar-refractivity contribution < 1.29 is 14.3 Å². The fourth-order valence-electron chi connectivity index (χ4n) is 0.553. The Morgan fingerprint density at radius 2 is 2.08 bits per heavy atom. The van der Waals surface area contributed by atoms with E-state index in [-0.39, 0.29) is 12.3 Å². The first-order valence-electron chi connectivity index (χ1n) is 3.73. The van der Waals surface area contributed by atoms with E-state index in [0.29, 0.717) is 0 Å². The third kappa shape index (κ3) is 5.62. The summed E-state index contributed by atoms with van der Waals surface area (Å²) in [5.41, 5.74) is 5.28. The highest BCUT2D eigenvalue weighted by Crippen LogP contribution is 1.90. The molecule has 0 saturated heterocycles. The highest BCUT2D eigenvalue weighted by Gasteiger charge is 2.17. The van der Waals surface area contributed by atoms with Gasteiger partial charge in [-0.3, -0.25) is 9.69 Å². The van der Waals surface area contributed by atoms with Crippen molar-refractivity contribution in [2.45, 2.75) is 6.04 Å². The third-order valence-corrected chi connectivity index (χ3v) is 1.55. The number of carbonyl (C=O) groups excluding carboxylic acids is 2. The van der Waals surface area contributed by atoms with E-state index in [0.717, 1.165) is 0 Å². The number of nitrogens with zero attached hydrogens (tertiary/aromatic N) is 1. The molecule has 0 amide bonds. The Hall–Kier alpha value is -0.590. The van der Waals surface area contributed by atoms with Crippen LogP contribution in [0.5, 0.6) is 0 Å². The van der Waals surface area contributed by atoms with Gasteiger partial charge in [0.05, 0.1) is 6.54 Å². The molecule has 76 valence electrons. The predicted molar refractivity (Wildman–Crippen MR) is 51.5 cm³/mol. The van der Waals surface area contributed by atoms with Gasteiger partial charge in [-0.1, -0.05) is 0 Å². The van der Waals surface area contributed by atoms with Gasteiger partial charge in [0, 0.05) is 5.75 Å². The first-order valence-corrected chi connectivity index (χ1v) is 4.36. The number of likely N-dealkylation sites (N-methyl/N-ethyl adjacent to an activating group) is 1. The summed E-state index contributed by atoms with van der Waals surface area (Å²) in [5.74, 6) is -1.18. The van der Waals surface area contributed by atoms with Crippen molar-refractivity contribution in [3.8, 4) is 0 Å². The van der Waals surface area contributed by atoms with E-state index < -0.39 is 18.0 Å². The number of carbonyl (C=O) groups is 2. The molecule has 0 aromatic rings. The van der Waals surface area contributed by atoms with Crippen LogP contribution in [0.25, 0.3) is 0 Å². The lowest BCUT2D eigenvalue weighted by Crippen LogP contribution is -2.37. The van der Waals surface area contributed by atoms with Gasteiger partial charge in [-0.25, -0.2) is 4.79 Å². The molecule has 1 atom stereocenters. The molecule has 13 heavy (non-hydrogen) atoms. The Balaban J connectivity index is 3.85. The van der Waals surface area contributed by atoms with E-state index in [9.17, 15) is 9.59 Å². The molecule has 0 aromatic heterocycles. The van der Waals surface area contributed by atoms with E-state index in [1.807, 2.05) is 0 Å². The molecule has 0 aliphatic rings. The first-order chi connectivity index (χ1) is 5.97. The van der Waals surface area contributed by atoms with Gasteiger partial charge >= 0.3 is 11.9 Å². The summed E-state index contributed by atoms with van der Waals surface area (Å²) in [5, 5.41) is 0. The largest absolute Gasteiger partial charge is 0.391 e. The van der Waals surface area contributed by atoms with E-state index in [4.69, 9.17) is 5.73 Å². The molecule has 0 bridgehead atoms. The van der Waals surface area contributed by atoms with Crippen molar-refractivity contribution in [3.63, 3.8) is 0 Å². The zero-order chi connectivity index (χ0) is 10.4. The maximum Gasteiger partial charge on any atom is 0.331 e. The number of esters is 2. The molecular formula is C7H14N2O3S. The summed E-state index contributed by atoms with van der Waals surface area (Å²) in [6.07, 6.45) is 0. The molecule has 0 unspecified atom stereocenters. The molecule has 2 N–H and O–H groups in total. The second-order valence-corrected chi connectivity index (χ2v) is 3.19. The summed E-state index contributed by atoms with van der Waals surface area (Å²) >= 11 is 3.80. The minimum atomic E-state index is -0.838. The fourth-order valence-corrected chi connectivity index (χ4v) is 0.702. The maximum atomic E-state index is 10.9. The van der Waals surface area contributed by atoms with Gasteiger partial charge in [0.2, 0.25) is 0 Å². The second kappa shape index (κ2) is 5.95. The molecule has 0 aromatic carbocycles. The zero-order valence-electron chi connectivity index (χ0n) is 7.69. The molecule has 0 aliphatic carbocycles. The Bertz CT molecular complexity index is 196. The lowest BCUT2D eigenvalue weighted by atomic mass is 10.4. The predicted octanol–water partition coefficient (Wildman–Crippen LogP) is -1.13. The molecule has 0 rings (SSSR count). The van der Waals surface area contributed by atoms with Gasteiger partial charge in [0.15, 0.2) is 0 Å². The topological polar surface area (TPSA) is 72.6 Å². The fraction of sp³-hybridized carbons (Fsp3) is 0.714. The molecule has 5 nitrogen and oxygen atoms in total. The number of thiol groups is 1. The highest BCUT2D eigenvalue weighted by molar-refractivity contribution is 7.80. The summed E-state index contributed by atoms with van der Waals surface area (Å²) in [6.45, 7) is 0.0605. The van der Waals surface area contributed by atoms with Crippen molar-refractivity contribution in [1.29, 1.82) is 0 Å². The normalized spacial score (nSPS) is 12.7. The van der Waals surface area contributed by atoms with Crippen LogP contribution in [0.2, 0.25) is 0 Å². The molecule has 0 fully saturated rings. The average molecular weight is 206 g/mol. The molecule has 0 aliphatic heterocycles. The van der Waals surface area contributed by atoms with Gasteiger partial charge < -0.3 is 10.5 Å². The van der Waals surface area contributed by atoms with Crippen molar-refractivity contribution in [2.75, 3.05) is 26.4 Å². The van der Waals surface area contributed by atoms with E-state index in [1.165, 1.54) is 0 Å². The van der Waals surface area contributed by atoms with Gasteiger partial charge in [-0.05, 0) is 14.1 Å². The van der Waals surface area contributed by atoms with Crippen LogP contribution in [0, 0.1) is 0 Å². The second-order valence-electron chi connectivity index (χ2n) is 2.82. The number of hydrogen-bond donors (Lipinski definition) is 2. The number of ether oxygens (including phenoxy) is 1.